The topological polar surface area (TPSA) is 34.0 Å². The maximum Gasteiger partial charge on any atom is 0.216 e. The van der Waals surface area contributed by atoms with Gasteiger partial charge in [-0.3, -0.25) is 5.01 Å². The first-order valence-electron chi connectivity index (χ1n) is 9.53. The van der Waals surface area contributed by atoms with E-state index in [1.165, 1.54) is 32.1 Å². The van der Waals surface area contributed by atoms with Crippen molar-refractivity contribution >= 4 is 45.1 Å². The molecule has 1 aromatic heterocycles. The van der Waals surface area contributed by atoms with Gasteiger partial charge >= 0.3 is 0 Å². The van der Waals surface area contributed by atoms with E-state index in [2.05, 4.69) is 86.8 Å². The second kappa shape index (κ2) is 6.29. The third-order valence-electron chi connectivity index (χ3n) is 5.37. The summed E-state index contributed by atoms with van der Waals surface area (Å²) in [6.07, 6.45) is 2.00. The summed E-state index contributed by atoms with van der Waals surface area (Å²) in [6, 6.07) is 19.7. The van der Waals surface area contributed by atoms with Crippen LogP contribution in [0.5, 0.6) is 0 Å². The fourth-order valence-electron chi connectivity index (χ4n) is 4.18. The van der Waals surface area contributed by atoms with Crippen LogP contribution in [0.15, 0.2) is 70.2 Å². The molecule has 3 heterocycles. The second-order valence-electron chi connectivity index (χ2n) is 7.08. The van der Waals surface area contributed by atoms with E-state index >= 15 is 0 Å². The monoisotopic (exact) mass is 402 g/mol. The van der Waals surface area contributed by atoms with Gasteiger partial charge in [0.25, 0.3) is 0 Å². The molecule has 0 bridgehead atoms. The van der Waals surface area contributed by atoms with Crippen LogP contribution in [0.25, 0.3) is 21.5 Å². The van der Waals surface area contributed by atoms with Gasteiger partial charge in [-0.15, -0.1) is 10.2 Å². The van der Waals surface area contributed by atoms with Gasteiger partial charge < -0.3 is 0 Å². The number of rotatable bonds is 3. The highest BCUT2D eigenvalue weighted by molar-refractivity contribution is 8.07. The fourth-order valence-corrected chi connectivity index (χ4v) is 6.50. The summed E-state index contributed by atoms with van der Waals surface area (Å²) in [6.45, 7) is 2.19. The first-order valence-corrected chi connectivity index (χ1v) is 11.3. The molecule has 1 unspecified atom stereocenters. The lowest BCUT2D eigenvalue weighted by Gasteiger charge is -2.28. The van der Waals surface area contributed by atoms with Gasteiger partial charge in [-0.1, -0.05) is 67.2 Å². The molecule has 138 valence electrons. The lowest BCUT2D eigenvalue weighted by molar-refractivity contribution is 0.601. The van der Waals surface area contributed by atoms with Crippen LogP contribution in [-0.4, -0.2) is 14.9 Å². The predicted octanol–water partition coefficient (Wildman–Crippen LogP) is 5.83. The van der Waals surface area contributed by atoms with Crippen molar-refractivity contribution in [1.29, 1.82) is 0 Å². The van der Waals surface area contributed by atoms with Crippen LogP contribution in [0.1, 0.15) is 30.1 Å². The first-order chi connectivity index (χ1) is 13.8. The molecule has 0 spiro atoms. The van der Waals surface area contributed by atoms with Gasteiger partial charge in [0.15, 0.2) is 5.82 Å². The van der Waals surface area contributed by atoms with Crippen molar-refractivity contribution in [3.05, 3.63) is 76.4 Å². The zero-order valence-electron chi connectivity index (χ0n) is 15.4. The Bertz CT molecular complexity index is 1210. The Morgan fingerprint density at radius 2 is 1.68 bits per heavy atom. The molecule has 0 aliphatic carbocycles. The molecule has 0 saturated carbocycles. The third kappa shape index (κ3) is 2.28. The average Bonchev–Trinajstić information content (AvgIpc) is 3.39. The zero-order valence-corrected chi connectivity index (χ0v) is 17.0. The number of nitrogens with zero attached hydrogens (tertiary/aromatic N) is 4. The van der Waals surface area contributed by atoms with Gasteiger partial charge in [0.1, 0.15) is 10.4 Å². The Morgan fingerprint density at radius 1 is 0.964 bits per heavy atom. The molecule has 0 saturated heterocycles. The van der Waals surface area contributed by atoms with E-state index in [-0.39, 0.29) is 5.37 Å². The van der Waals surface area contributed by atoms with Gasteiger partial charge in [-0.2, -0.15) is 0 Å². The van der Waals surface area contributed by atoms with Crippen molar-refractivity contribution in [2.24, 2.45) is 0 Å². The molecule has 1 atom stereocenters. The number of benzene rings is 3. The molecule has 6 rings (SSSR count). The molecule has 2 aliphatic rings. The van der Waals surface area contributed by atoms with Gasteiger partial charge in [0, 0.05) is 17.4 Å². The highest BCUT2D eigenvalue weighted by atomic mass is 32.2. The molecular formula is C22H18N4S2. The summed E-state index contributed by atoms with van der Waals surface area (Å²) in [5.74, 6) is 1.05. The molecule has 6 heteroatoms. The predicted molar refractivity (Wildman–Crippen MR) is 118 cm³/mol. The van der Waals surface area contributed by atoms with E-state index in [9.17, 15) is 0 Å². The normalized spacial score (nSPS) is 18.0. The van der Waals surface area contributed by atoms with E-state index < -0.39 is 0 Å². The molecule has 28 heavy (non-hydrogen) atoms. The molecule has 3 aromatic carbocycles. The number of fused-ring (bicyclic) bond motifs is 5. The van der Waals surface area contributed by atoms with E-state index in [4.69, 9.17) is 0 Å². The van der Waals surface area contributed by atoms with Crippen molar-refractivity contribution in [1.82, 2.24) is 14.9 Å². The quantitative estimate of drug-likeness (QED) is 0.403. The number of aryl methyl sites for hydroxylation is 1. The van der Waals surface area contributed by atoms with Gasteiger partial charge in [0.05, 0.1) is 0 Å². The minimum atomic E-state index is 0.173. The van der Waals surface area contributed by atoms with Crippen LogP contribution in [0.3, 0.4) is 0 Å². The van der Waals surface area contributed by atoms with E-state index in [0.717, 1.165) is 23.8 Å². The van der Waals surface area contributed by atoms with Crippen molar-refractivity contribution in [2.75, 3.05) is 5.01 Å². The van der Waals surface area contributed by atoms with Crippen molar-refractivity contribution in [3.63, 3.8) is 0 Å². The van der Waals surface area contributed by atoms with Crippen molar-refractivity contribution < 1.29 is 0 Å². The summed E-state index contributed by atoms with van der Waals surface area (Å²) >= 11 is 3.60. The number of thioether (sulfide) groups is 2. The Morgan fingerprint density at radius 3 is 2.39 bits per heavy atom. The molecular weight excluding hydrogens is 384 g/mol. The van der Waals surface area contributed by atoms with Crippen LogP contribution >= 0.6 is 23.5 Å². The number of hydrogen-bond donors (Lipinski definition) is 0. The Balaban J connectivity index is 1.60. The van der Waals surface area contributed by atoms with Gasteiger partial charge in [-0.05, 0) is 45.8 Å². The minimum Gasteiger partial charge on any atom is -0.252 e. The molecule has 4 nitrogen and oxygen atoms in total. The molecule has 0 fully saturated rings. The standard InChI is InChI=1S/C22H18N4S2/c1-2-7-18-23-24-22-25(18)26-19(28-22)13-27-21(26)20-16-10-5-3-8-14(16)12-15-9-4-6-11-17(15)20/h3-6,8-13,21H,2,7H2,1H3. The van der Waals surface area contributed by atoms with E-state index in [0.29, 0.717) is 0 Å². The van der Waals surface area contributed by atoms with E-state index in [1.54, 1.807) is 11.8 Å². The van der Waals surface area contributed by atoms with Crippen LogP contribution in [0.4, 0.5) is 0 Å². The van der Waals surface area contributed by atoms with Crippen molar-refractivity contribution in [2.45, 2.75) is 30.3 Å². The highest BCUT2D eigenvalue weighted by Gasteiger charge is 2.40. The van der Waals surface area contributed by atoms with Crippen molar-refractivity contribution in [3.8, 4) is 0 Å². The largest absolute Gasteiger partial charge is 0.252 e. The number of aromatic nitrogens is 3. The molecule has 2 aliphatic heterocycles. The zero-order chi connectivity index (χ0) is 18.7. The van der Waals surface area contributed by atoms with Crippen LogP contribution in [0, 0.1) is 0 Å². The smallest absolute Gasteiger partial charge is 0.216 e. The van der Waals surface area contributed by atoms with Gasteiger partial charge in [-0.25, -0.2) is 4.68 Å². The summed E-state index contributed by atoms with van der Waals surface area (Å²) in [5.41, 5.74) is 1.37. The van der Waals surface area contributed by atoms with Crippen LogP contribution in [0.2, 0.25) is 0 Å². The summed E-state index contributed by atoms with van der Waals surface area (Å²) < 4.78 is 2.24. The lowest BCUT2D eigenvalue weighted by Crippen LogP contribution is -2.31. The van der Waals surface area contributed by atoms with Crippen LogP contribution < -0.4 is 5.01 Å². The SMILES string of the molecule is CCCc1nnc2n1N1C(=CSC1c1c3ccccc3cc3ccccc13)S2. The lowest BCUT2D eigenvalue weighted by atomic mass is 9.96. The summed E-state index contributed by atoms with van der Waals surface area (Å²) in [7, 11) is 0. The first kappa shape index (κ1) is 16.5. The Kier molecular flexibility index (Phi) is 3.71. The van der Waals surface area contributed by atoms with Crippen LogP contribution in [-0.2, 0) is 6.42 Å². The fraction of sp³-hybridized carbons (Fsp3) is 0.182. The summed E-state index contributed by atoms with van der Waals surface area (Å²) in [5, 5.41) is 21.2. The maximum atomic E-state index is 4.45. The third-order valence-corrected chi connectivity index (χ3v) is 7.52. The molecule has 0 radical (unpaired) electrons. The molecule has 4 aromatic rings. The highest BCUT2D eigenvalue weighted by Crippen LogP contribution is 2.53. The van der Waals surface area contributed by atoms with E-state index in [1.807, 2.05) is 11.8 Å². The van der Waals surface area contributed by atoms with Gasteiger partial charge in [0.2, 0.25) is 5.16 Å². The maximum absolute atomic E-state index is 4.45. The second-order valence-corrected chi connectivity index (χ2v) is 9.03. The molecule has 0 amide bonds. The average molecular weight is 403 g/mol. The summed E-state index contributed by atoms with van der Waals surface area (Å²) in [4.78, 5) is 0. The minimum absolute atomic E-state index is 0.173. The number of hydrogen-bond acceptors (Lipinski definition) is 5. The molecule has 0 N–H and O–H groups in total. The Hall–Kier alpha value is -2.44. The Labute approximate surface area is 171 Å².